The third-order valence-corrected chi connectivity index (χ3v) is 4.87. The molecule has 0 bridgehead atoms. The molecule has 12 heteroatoms. The molecule has 0 fully saturated rings. The van der Waals surface area contributed by atoms with Gasteiger partial charge in [0.25, 0.3) is 10.1 Å². The Hall–Kier alpha value is -2.09. The topological polar surface area (TPSA) is 144 Å². The lowest BCUT2D eigenvalue weighted by Crippen LogP contribution is -2.16. The van der Waals surface area contributed by atoms with Crippen molar-refractivity contribution in [3.8, 4) is 0 Å². The largest absolute Gasteiger partial charge is 0.460 e. The molecular weight excluding hydrogens is 472 g/mol. The number of hydrogen-bond donors (Lipinski definition) is 1. The third-order valence-electron chi connectivity index (χ3n) is 4.04. The third kappa shape index (κ3) is 13.0. The number of ether oxygens (including phenoxy) is 6. The van der Waals surface area contributed by atoms with Crippen molar-refractivity contribution in [2.75, 3.05) is 66.1 Å². The minimum atomic E-state index is -4.69. The van der Waals surface area contributed by atoms with E-state index < -0.39 is 27.0 Å². The van der Waals surface area contributed by atoms with E-state index in [1.54, 1.807) is 0 Å². The van der Waals surface area contributed by atoms with E-state index in [9.17, 15) is 22.6 Å². The second-order valence-electron chi connectivity index (χ2n) is 6.94. The molecule has 0 aromatic heterocycles. The summed E-state index contributed by atoms with van der Waals surface area (Å²) in [5.41, 5.74) is -0.477. The van der Waals surface area contributed by atoms with Crippen molar-refractivity contribution in [1.82, 2.24) is 0 Å². The molecule has 0 amide bonds. The lowest BCUT2D eigenvalue weighted by Gasteiger charge is -2.10. The summed E-state index contributed by atoms with van der Waals surface area (Å²) < 4.78 is 63.7. The van der Waals surface area contributed by atoms with Crippen LogP contribution in [0.5, 0.6) is 0 Å². The lowest BCUT2D eigenvalue weighted by molar-refractivity contribution is 0.0145. The Morgan fingerprint density at radius 3 is 1.35 bits per heavy atom. The van der Waals surface area contributed by atoms with Crippen molar-refractivity contribution in [2.45, 2.75) is 31.6 Å². The standard InChI is InChI=1S/C22H34O11S/c1-3-5-28-7-9-30-11-13-32-21(23)18-15-19(17-20(16-18)34(25,26)27)22(24)33-14-12-31-10-8-29-6-4-2/h15-17H,3-14H2,1-2H3,(H,25,26,27). The Labute approximate surface area is 200 Å². The SMILES string of the molecule is CCCOCCOCCOC(=O)c1cc(C(=O)OCCOCCOCCC)cc(S(=O)(=O)O)c1. The molecule has 0 saturated heterocycles. The second-order valence-corrected chi connectivity index (χ2v) is 8.36. The summed E-state index contributed by atoms with van der Waals surface area (Å²) in [7, 11) is -4.69. The minimum Gasteiger partial charge on any atom is -0.460 e. The van der Waals surface area contributed by atoms with Crippen LogP contribution in [0.15, 0.2) is 23.1 Å². The molecule has 1 rings (SSSR count). The second kappa shape index (κ2) is 17.4. The average Bonchev–Trinajstić information content (AvgIpc) is 2.81. The van der Waals surface area contributed by atoms with Crippen LogP contribution >= 0.6 is 0 Å². The number of benzene rings is 1. The summed E-state index contributed by atoms with van der Waals surface area (Å²) in [5, 5.41) is 0. The van der Waals surface area contributed by atoms with Crippen molar-refractivity contribution >= 4 is 22.1 Å². The average molecular weight is 507 g/mol. The van der Waals surface area contributed by atoms with Gasteiger partial charge < -0.3 is 28.4 Å². The Balaban J connectivity index is 2.59. The van der Waals surface area contributed by atoms with Crippen molar-refractivity contribution in [2.24, 2.45) is 0 Å². The molecule has 0 radical (unpaired) electrons. The van der Waals surface area contributed by atoms with E-state index in [-0.39, 0.29) is 37.6 Å². The van der Waals surface area contributed by atoms with Crippen LogP contribution in [0, 0.1) is 0 Å². The first-order valence-corrected chi connectivity index (χ1v) is 12.5. The zero-order valence-corrected chi connectivity index (χ0v) is 20.5. The molecule has 34 heavy (non-hydrogen) atoms. The molecule has 1 aromatic carbocycles. The van der Waals surface area contributed by atoms with Gasteiger partial charge in [-0.25, -0.2) is 9.59 Å². The molecule has 0 aliphatic carbocycles. The van der Waals surface area contributed by atoms with Crippen LogP contribution in [0.1, 0.15) is 47.4 Å². The van der Waals surface area contributed by atoms with E-state index in [2.05, 4.69) is 0 Å². The van der Waals surface area contributed by atoms with E-state index >= 15 is 0 Å². The fraction of sp³-hybridized carbons (Fsp3) is 0.636. The van der Waals surface area contributed by atoms with E-state index in [4.69, 9.17) is 28.4 Å². The highest BCUT2D eigenvalue weighted by atomic mass is 32.2. The Bertz CT molecular complexity index is 789. The Morgan fingerprint density at radius 1 is 0.647 bits per heavy atom. The van der Waals surface area contributed by atoms with Crippen LogP contribution in [0.25, 0.3) is 0 Å². The number of carbonyl (C=O) groups excluding carboxylic acids is 2. The maximum absolute atomic E-state index is 12.3. The van der Waals surface area contributed by atoms with Crippen LogP contribution in [0.2, 0.25) is 0 Å². The van der Waals surface area contributed by atoms with Crippen LogP contribution in [0.3, 0.4) is 0 Å². The summed E-state index contributed by atoms with van der Waals surface area (Å²) in [4.78, 5) is 24.0. The molecule has 0 unspecified atom stereocenters. The van der Waals surface area contributed by atoms with Gasteiger partial charge in [0.2, 0.25) is 0 Å². The summed E-state index contributed by atoms with van der Waals surface area (Å²) >= 11 is 0. The van der Waals surface area contributed by atoms with Gasteiger partial charge in [-0.15, -0.1) is 0 Å². The minimum absolute atomic E-state index is 0.0954. The first kappa shape index (κ1) is 29.9. The van der Waals surface area contributed by atoms with Gasteiger partial charge in [0.1, 0.15) is 13.2 Å². The van der Waals surface area contributed by atoms with Crippen molar-refractivity contribution in [1.29, 1.82) is 0 Å². The number of rotatable bonds is 19. The summed E-state index contributed by atoms with van der Waals surface area (Å²) in [6, 6.07) is 2.94. The summed E-state index contributed by atoms with van der Waals surface area (Å²) in [6.07, 6.45) is 1.80. The van der Waals surface area contributed by atoms with Gasteiger partial charge in [0.05, 0.1) is 55.7 Å². The highest BCUT2D eigenvalue weighted by Crippen LogP contribution is 2.17. The molecule has 0 aliphatic heterocycles. The molecule has 11 nitrogen and oxygen atoms in total. The smallest absolute Gasteiger partial charge is 0.338 e. The molecule has 0 saturated carbocycles. The molecule has 0 aliphatic rings. The predicted octanol–water partition coefficient (Wildman–Crippen LogP) is 2.13. The normalized spacial score (nSPS) is 11.4. The van der Waals surface area contributed by atoms with Gasteiger partial charge in [-0.3, -0.25) is 4.55 Å². The van der Waals surface area contributed by atoms with E-state index in [0.29, 0.717) is 39.6 Å². The van der Waals surface area contributed by atoms with Gasteiger partial charge in [-0.2, -0.15) is 8.42 Å². The van der Waals surface area contributed by atoms with E-state index in [1.807, 2.05) is 13.8 Å². The maximum Gasteiger partial charge on any atom is 0.338 e. The van der Waals surface area contributed by atoms with Crippen LogP contribution < -0.4 is 0 Å². The van der Waals surface area contributed by atoms with Gasteiger partial charge in [0.15, 0.2) is 0 Å². The first-order valence-electron chi connectivity index (χ1n) is 11.1. The van der Waals surface area contributed by atoms with Gasteiger partial charge in [-0.05, 0) is 31.0 Å². The van der Waals surface area contributed by atoms with Gasteiger partial charge in [0, 0.05) is 13.2 Å². The van der Waals surface area contributed by atoms with Crippen LogP contribution in [-0.2, 0) is 38.5 Å². The number of hydrogen-bond acceptors (Lipinski definition) is 10. The van der Waals surface area contributed by atoms with E-state index in [0.717, 1.165) is 31.0 Å². The van der Waals surface area contributed by atoms with Crippen LogP contribution in [-0.4, -0.2) is 91.0 Å². The molecule has 0 atom stereocenters. The number of carbonyl (C=O) groups is 2. The fourth-order valence-corrected chi connectivity index (χ4v) is 3.02. The summed E-state index contributed by atoms with van der Waals surface area (Å²) in [6.45, 7) is 6.78. The highest BCUT2D eigenvalue weighted by molar-refractivity contribution is 7.85. The lowest BCUT2D eigenvalue weighted by atomic mass is 10.1. The zero-order valence-electron chi connectivity index (χ0n) is 19.7. The van der Waals surface area contributed by atoms with Crippen molar-refractivity contribution in [3.63, 3.8) is 0 Å². The molecule has 1 aromatic rings. The monoisotopic (exact) mass is 506 g/mol. The first-order chi connectivity index (χ1) is 16.3. The maximum atomic E-state index is 12.3. The van der Waals surface area contributed by atoms with Crippen molar-refractivity contribution in [3.05, 3.63) is 29.3 Å². The molecule has 0 spiro atoms. The Morgan fingerprint density at radius 2 is 1.00 bits per heavy atom. The number of esters is 2. The molecule has 0 heterocycles. The van der Waals surface area contributed by atoms with Crippen LogP contribution in [0.4, 0.5) is 0 Å². The van der Waals surface area contributed by atoms with Gasteiger partial charge >= 0.3 is 11.9 Å². The van der Waals surface area contributed by atoms with Crippen molar-refractivity contribution < 1.29 is 51.0 Å². The van der Waals surface area contributed by atoms with Gasteiger partial charge in [-0.1, -0.05) is 13.8 Å². The highest BCUT2D eigenvalue weighted by Gasteiger charge is 2.20. The molecule has 1 N–H and O–H groups in total. The predicted molar refractivity (Wildman–Crippen MR) is 121 cm³/mol. The zero-order chi connectivity index (χ0) is 25.2. The quantitative estimate of drug-likeness (QED) is 0.167. The molecule has 194 valence electrons. The fourth-order valence-electron chi connectivity index (χ4n) is 2.47. The Kier molecular flexibility index (Phi) is 15.3. The summed E-state index contributed by atoms with van der Waals surface area (Å²) in [5.74, 6) is -1.78. The van der Waals surface area contributed by atoms with E-state index in [1.165, 1.54) is 0 Å². The molecular formula is C22H34O11S.